The molecule has 0 fully saturated rings. The maximum atomic E-state index is 13.1. The van der Waals surface area contributed by atoms with Crippen molar-refractivity contribution in [1.29, 1.82) is 0 Å². The van der Waals surface area contributed by atoms with E-state index in [4.69, 9.17) is 10.2 Å². The lowest BCUT2D eigenvalue weighted by molar-refractivity contribution is 0.236. The molecule has 0 amide bonds. The van der Waals surface area contributed by atoms with Crippen molar-refractivity contribution in [2.24, 2.45) is 5.41 Å². The van der Waals surface area contributed by atoms with E-state index in [-0.39, 0.29) is 17.8 Å². The number of hydrogen-bond donors (Lipinski definition) is 3. The van der Waals surface area contributed by atoms with Gasteiger partial charge in [-0.3, -0.25) is 0 Å². The van der Waals surface area contributed by atoms with Crippen molar-refractivity contribution in [3.05, 3.63) is 29.6 Å². The first-order chi connectivity index (χ1) is 8.44. The summed E-state index contributed by atoms with van der Waals surface area (Å²) >= 11 is 0. The third-order valence-corrected chi connectivity index (χ3v) is 2.96. The summed E-state index contributed by atoms with van der Waals surface area (Å²) in [6.45, 7) is 5.85. The molecule has 18 heavy (non-hydrogen) atoms. The van der Waals surface area contributed by atoms with Crippen LogP contribution in [0.4, 0.5) is 4.39 Å². The highest BCUT2D eigenvalue weighted by Crippen LogP contribution is 2.21. The molecule has 1 aromatic carbocycles. The largest absolute Gasteiger partial charge is 0.505 e. The van der Waals surface area contributed by atoms with Crippen molar-refractivity contribution in [3.63, 3.8) is 0 Å². The number of phenols is 1. The number of phenolic OH excluding ortho intramolecular Hbond substituents is 1. The van der Waals surface area contributed by atoms with E-state index in [0.717, 1.165) is 24.9 Å². The lowest BCUT2D eigenvalue weighted by Crippen LogP contribution is -2.29. The zero-order chi connectivity index (χ0) is 13.6. The Hall–Kier alpha value is -1.13. The molecule has 0 bridgehead atoms. The van der Waals surface area contributed by atoms with E-state index in [0.29, 0.717) is 6.54 Å². The van der Waals surface area contributed by atoms with Crippen LogP contribution in [0.3, 0.4) is 0 Å². The molecule has 4 heteroatoms. The molecule has 0 heterocycles. The van der Waals surface area contributed by atoms with Crippen molar-refractivity contribution >= 4 is 0 Å². The number of aliphatic hydroxyl groups is 1. The minimum Gasteiger partial charge on any atom is -0.505 e. The summed E-state index contributed by atoms with van der Waals surface area (Å²) in [5.41, 5.74) is 0.918. The first-order valence-electron chi connectivity index (χ1n) is 6.23. The maximum Gasteiger partial charge on any atom is 0.165 e. The third-order valence-electron chi connectivity index (χ3n) is 2.96. The molecular weight excluding hydrogens is 233 g/mol. The smallest absolute Gasteiger partial charge is 0.165 e. The number of aliphatic hydroxyl groups excluding tert-OH is 1. The van der Waals surface area contributed by atoms with E-state index >= 15 is 0 Å². The number of hydrogen-bond acceptors (Lipinski definition) is 3. The minimum atomic E-state index is -0.589. The van der Waals surface area contributed by atoms with Gasteiger partial charge in [-0.05, 0) is 36.0 Å². The molecule has 0 radical (unpaired) electrons. The summed E-state index contributed by atoms with van der Waals surface area (Å²) in [7, 11) is 0. The fraction of sp³-hybridized carbons (Fsp3) is 0.571. The molecule has 3 nitrogen and oxygen atoms in total. The molecule has 0 aliphatic heterocycles. The Labute approximate surface area is 108 Å². The highest BCUT2D eigenvalue weighted by Gasteiger charge is 2.16. The van der Waals surface area contributed by atoms with Crippen LogP contribution >= 0.6 is 0 Å². The Kier molecular flexibility index (Phi) is 5.56. The molecule has 0 aliphatic rings. The Morgan fingerprint density at radius 3 is 2.67 bits per heavy atom. The lowest BCUT2D eigenvalue weighted by atomic mass is 9.88. The van der Waals surface area contributed by atoms with E-state index in [9.17, 15) is 4.39 Å². The summed E-state index contributed by atoms with van der Waals surface area (Å²) in [4.78, 5) is 0. The molecular formula is C14H22FNO2. The van der Waals surface area contributed by atoms with Crippen molar-refractivity contribution in [2.45, 2.75) is 33.2 Å². The van der Waals surface area contributed by atoms with Gasteiger partial charge in [-0.25, -0.2) is 4.39 Å². The number of aromatic hydroxyl groups is 1. The minimum absolute atomic E-state index is 0.109. The summed E-state index contributed by atoms with van der Waals surface area (Å²) in [6.07, 6.45) is 1.74. The van der Waals surface area contributed by atoms with Crippen molar-refractivity contribution in [2.75, 3.05) is 13.2 Å². The van der Waals surface area contributed by atoms with Crippen LogP contribution in [-0.4, -0.2) is 23.4 Å². The number of benzene rings is 1. The average Bonchev–Trinajstić information content (AvgIpc) is 2.31. The van der Waals surface area contributed by atoms with Crippen molar-refractivity contribution < 1.29 is 14.6 Å². The Morgan fingerprint density at radius 2 is 2.06 bits per heavy atom. The molecule has 0 atom stereocenters. The Morgan fingerprint density at radius 1 is 1.33 bits per heavy atom. The highest BCUT2D eigenvalue weighted by atomic mass is 19.1. The topological polar surface area (TPSA) is 52.5 Å². The van der Waals surface area contributed by atoms with Crippen LogP contribution in [0.2, 0.25) is 0 Å². The van der Waals surface area contributed by atoms with Crippen LogP contribution in [0.1, 0.15) is 32.3 Å². The second-order valence-corrected chi connectivity index (χ2v) is 5.38. The van der Waals surface area contributed by atoms with Gasteiger partial charge in [0, 0.05) is 19.7 Å². The molecule has 0 saturated heterocycles. The standard InChI is InChI=1S/C14H22FNO2/c1-14(2,6-3-7-17)10-16-9-11-4-5-13(18)12(15)8-11/h4-5,8,16-18H,3,6-7,9-10H2,1-2H3. The second kappa shape index (κ2) is 6.71. The molecule has 0 spiro atoms. The van der Waals surface area contributed by atoms with E-state index in [1.54, 1.807) is 6.07 Å². The van der Waals surface area contributed by atoms with E-state index in [1.165, 1.54) is 12.1 Å². The highest BCUT2D eigenvalue weighted by molar-refractivity contribution is 5.27. The van der Waals surface area contributed by atoms with Gasteiger partial charge in [-0.1, -0.05) is 19.9 Å². The maximum absolute atomic E-state index is 13.1. The lowest BCUT2D eigenvalue weighted by Gasteiger charge is -2.24. The first kappa shape index (κ1) is 14.9. The van der Waals surface area contributed by atoms with Crippen molar-refractivity contribution in [1.82, 2.24) is 5.32 Å². The summed E-state index contributed by atoms with van der Waals surface area (Å²) in [5, 5.41) is 21.1. The first-order valence-corrected chi connectivity index (χ1v) is 6.23. The summed E-state index contributed by atoms with van der Waals surface area (Å²) < 4.78 is 13.1. The number of rotatable bonds is 7. The van der Waals surface area contributed by atoms with E-state index in [2.05, 4.69) is 19.2 Å². The monoisotopic (exact) mass is 255 g/mol. The molecule has 0 aliphatic carbocycles. The molecule has 1 aromatic rings. The second-order valence-electron chi connectivity index (χ2n) is 5.38. The van der Waals surface area contributed by atoms with Gasteiger partial charge in [0.25, 0.3) is 0 Å². The van der Waals surface area contributed by atoms with Gasteiger partial charge < -0.3 is 15.5 Å². The summed E-state index contributed by atoms with van der Waals surface area (Å²) in [5.74, 6) is -0.907. The quantitative estimate of drug-likeness (QED) is 0.701. The number of halogens is 1. The van der Waals surface area contributed by atoms with Crippen LogP contribution in [-0.2, 0) is 6.54 Å². The predicted octanol–water partition coefficient (Wildman–Crippen LogP) is 2.42. The molecule has 0 saturated carbocycles. The van der Waals surface area contributed by atoms with Crippen LogP contribution in [0.15, 0.2) is 18.2 Å². The fourth-order valence-corrected chi connectivity index (χ4v) is 1.85. The van der Waals surface area contributed by atoms with Gasteiger partial charge in [-0.2, -0.15) is 0 Å². The predicted molar refractivity (Wildman–Crippen MR) is 69.9 cm³/mol. The van der Waals surface area contributed by atoms with Crippen LogP contribution in [0.25, 0.3) is 0 Å². The Bertz CT molecular complexity index is 380. The average molecular weight is 255 g/mol. The Balaban J connectivity index is 2.39. The molecule has 102 valence electrons. The fourth-order valence-electron chi connectivity index (χ4n) is 1.85. The van der Waals surface area contributed by atoms with E-state index < -0.39 is 5.82 Å². The van der Waals surface area contributed by atoms with Gasteiger partial charge >= 0.3 is 0 Å². The van der Waals surface area contributed by atoms with Gasteiger partial charge in [0.05, 0.1) is 0 Å². The molecule has 3 N–H and O–H groups in total. The number of nitrogens with one attached hydrogen (secondary N) is 1. The van der Waals surface area contributed by atoms with Gasteiger partial charge in [0.15, 0.2) is 11.6 Å². The van der Waals surface area contributed by atoms with Crippen LogP contribution in [0, 0.1) is 11.2 Å². The van der Waals surface area contributed by atoms with Gasteiger partial charge in [-0.15, -0.1) is 0 Å². The van der Waals surface area contributed by atoms with Crippen LogP contribution < -0.4 is 5.32 Å². The zero-order valence-electron chi connectivity index (χ0n) is 11.0. The SMILES string of the molecule is CC(C)(CCCO)CNCc1ccc(O)c(F)c1. The normalized spacial score (nSPS) is 11.8. The van der Waals surface area contributed by atoms with Gasteiger partial charge in [0.2, 0.25) is 0 Å². The van der Waals surface area contributed by atoms with Crippen LogP contribution in [0.5, 0.6) is 5.75 Å². The summed E-state index contributed by atoms with van der Waals surface area (Å²) in [6, 6.07) is 4.40. The molecule has 0 unspecified atom stereocenters. The van der Waals surface area contributed by atoms with Crippen molar-refractivity contribution in [3.8, 4) is 5.75 Å². The molecule has 1 rings (SSSR count). The third kappa shape index (κ3) is 5.02. The zero-order valence-corrected chi connectivity index (χ0v) is 11.0. The molecule has 0 aromatic heterocycles. The van der Waals surface area contributed by atoms with Gasteiger partial charge in [0.1, 0.15) is 0 Å². The van der Waals surface area contributed by atoms with E-state index in [1.807, 2.05) is 0 Å².